The van der Waals surface area contributed by atoms with Gasteiger partial charge in [0.05, 0.1) is 31.8 Å². The first kappa shape index (κ1) is 17.6. The Hall–Kier alpha value is -2.25. The second kappa shape index (κ2) is 7.76. The van der Waals surface area contributed by atoms with Crippen LogP contribution in [-0.4, -0.2) is 47.7 Å². The number of nitrogens with zero attached hydrogens (tertiary/aromatic N) is 3. The van der Waals surface area contributed by atoms with Gasteiger partial charge in [-0.15, -0.1) is 0 Å². The molecule has 1 aromatic carbocycles. The molecule has 2 amide bonds. The van der Waals surface area contributed by atoms with E-state index in [0.717, 1.165) is 0 Å². The number of likely N-dealkylation sites (tertiary alicyclic amines) is 1. The van der Waals surface area contributed by atoms with Crippen LogP contribution in [-0.2, 0) is 0 Å². The third kappa shape index (κ3) is 4.43. The number of carbonyl (C=O) groups is 1. The number of aromatic nitrogens is 2. The van der Waals surface area contributed by atoms with Crippen molar-refractivity contribution in [3.05, 3.63) is 40.8 Å². The molecule has 1 aliphatic rings. The molecule has 1 N–H and O–H groups in total. The van der Waals surface area contributed by atoms with Crippen molar-refractivity contribution in [3.8, 4) is 11.6 Å². The largest absolute Gasteiger partial charge is 0.495 e. The van der Waals surface area contributed by atoms with Crippen molar-refractivity contribution in [2.24, 2.45) is 5.92 Å². The fraction of sp³-hybridized carbons (Fsp3) is 0.312. The molecule has 25 heavy (non-hydrogen) atoms. The molecular weight excluding hydrogens is 367 g/mol. The third-order valence-corrected chi connectivity index (χ3v) is 4.11. The van der Waals surface area contributed by atoms with Crippen LogP contribution in [0.25, 0.3) is 0 Å². The highest BCUT2D eigenvalue weighted by molar-refractivity contribution is 6.31. The molecule has 1 aromatic heterocycles. The minimum Gasteiger partial charge on any atom is -0.495 e. The zero-order chi connectivity index (χ0) is 17.8. The van der Waals surface area contributed by atoms with Gasteiger partial charge in [-0.3, -0.25) is 4.98 Å². The highest BCUT2D eigenvalue weighted by Gasteiger charge is 2.31. The Bertz CT molecular complexity index is 769. The molecule has 1 saturated heterocycles. The van der Waals surface area contributed by atoms with Gasteiger partial charge >= 0.3 is 6.03 Å². The maximum absolute atomic E-state index is 12.3. The molecule has 132 valence electrons. The molecule has 0 bridgehead atoms. The van der Waals surface area contributed by atoms with Crippen molar-refractivity contribution >= 4 is 34.9 Å². The van der Waals surface area contributed by atoms with Crippen molar-refractivity contribution in [1.29, 1.82) is 0 Å². The van der Waals surface area contributed by atoms with Gasteiger partial charge in [0, 0.05) is 24.0 Å². The number of ether oxygens (including phenoxy) is 2. The van der Waals surface area contributed by atoms with Crippen LogP contribution in [0.2, 0.25) is 10.2 Å². The second-order valence-corrected chi connectivity index (χ2v) is 6.36. The Labute approximate surface area is 154 Å². The van der Waals surface area contributed by atoms with Crippen molar-refractivity contribution in [2.45, 2.75) is 0 Å². The van der Waals surface area contributed by atoms with E-state index in [4.69, 9.17) is 32.7 Å². The third-order valence-electron chi connectivity index (χ3n) is 3.70. The van der Waals surface area contributed by atoms with Crippen LogP contribution in [0.4, 0.5) is 10.5 Å². The standard InChI is InChI=1S/C16H16Cl2N4O3/c1-24-13-3-2-11(17)4-12(13)20-16(23)22-7-10(8-22)9-25-15-6-19-5-14(18)21-15/h2-6,10H,7-9H2,1H3,(H,20,23). The Morgan fingerprint density at radius 1 is 1.36 bits per heavy atom. The lowest BCUT2D eigenvalue weighted by molar-refractivity contribution is 0.0906. The van der Waals surface area contributed by atoms with Crippen LogP contribution >= 0.6 is 23.2 Å². The lowest BCUT2D eigenvalue weighted by Gasteiger charge is -2.38. The van der Waals surface area contributed by atoms with E-state index < -0.39 is 0 Å². The van der Waals surface area contributed by atoms with Gasteiger partial charge in [-0.2, -0.15) is 4.98 Å². The topological polar surface area (TPSA) is 76.6 Å². The van der Waals surface area contributed by atoms with Gasteiger partial charge in [0.25, 0.3) is 0 Å². The Kier molecular flexibility index (Phi) is 5.45. The monoisotopic (exact) mass is 382 g/mol. The van der Waals surface area contributed by atoms with Crippen LogP contribution in [0.15, 0.2) is 30.6 Å². The molecule has 1 aliphatic heterocycles. The van der Waals surface area contributed by atoms with Crippen LogP contribution in [0.3, 0.4) is 0 Å². The van der Waals surface area contributed by atoms with Crippen molar-refractivity contribution in [2.75, 3.05) is 32.1 Å². The zero-order valence-corrected chi connectivity index (χ0v) is 14.9. The quantitative estimate of drug-likeness (QED) is 0.857. The molecule has 0 atom stereocenters. The molecule has 2 aromatic rings. The minimum atomic E-state index is -0.209. The van der Waals surface area contributed by atoms with Gasteiger partial charge < -0.3 is 19.7 Å². The number of halogens is 2. The fourth-order valence-electron chi connectivity index (χ4n) is 2.41. The number of urea groups is 1. The summed E-state index contributed by atoms with van der Waals surface area (Å²) in [5.74, 6) is 1.16. The molecule has 3 rings (SSSR count). The normalized spacial score (nSPS) is 14.0. The number of hydrogen-bond acceptors (Lipinski definition) is 5. The summed E-state index contributed by atoms with van der Waals surface area (Å²) in [5, 5.41) is 3.61. The summed E-state index contributed by atoms with van der Waals surface area (Å²) in [5.41, 5.74) is 0.536. The Morgan fingerprint density at radius 3 is 2.88 bits per heavy atom. The predicted molar refractivity (Wildman–Crippen MR) is 94.6 cm³/mol. The molecule has 0 saturated carbocycles. The zero-order valence-electron chi connectivity index (χ0n) is 13.4. The maximum Gasteiger partial charge on any atom is 0.321 e. The van der Waals surface area contributed by atoms with Crippen LogP contribution in [0.1, 0.15) is 0 Å². The summed E-state index contributed by atoms with van der Waals surface area (Å²) in [6, 6.07) is 4.85. The molecule has 2 heterocycles. The van der Waals surface area contributed by atoms with E-state index in [1.54, 1.807) is 23.1 Å². The summed E-state index contributed by atoms with van der Waals surface area (Å²) in [7, 11) is 1.54. The van der Waals surface area contributed by atoms with E-state index in [1.807, 2.05) is 0 Å². The summed E-state index contributed by atoms with van der Waals surface area (Å²) < 4.78 is 10.8. The summed E-state index contributed by atoms with van der Waals surface area (Å²) >= 11 is 11.7. The highest BCUT2D eigenvalue weighted by Crippen LogP contribution is 2.28. The summed E-state index contributed by atoms with van der Waals surface area (Å²) in [6.45, 7) is 1.62. The molecular formula is C16H16Cl2N4O3. The number of rotatable bonds is 5. The van der Waals surface area contributed by atoms with E-state index in [2.05, 4.69) is 15.3 Å². The van der Waals surface area contributed by atoms with Crippen LogP contribution in [0, 0.1) is 5.92 Å². The van der Waals surface area contributed by atoms with E-state index in [1.165, 1.54) is 19.5 Å². The lowest BCUT2D eigenvalue weighted by Crippen LogP contribution is -2.53. The highest BCUT2D eigenvalue weighted by atomic mass is 35.5. The molecule has 1 fully saturated rings. The van der Waals surface area contributed by atoms with E-state index in [9.17, 15) is 4.79 Å². The number of nitrogens with one attached hydrogen (secondary N) is 1. The van der Waals surface area contributed by atoms with Gasteiger partial charge in [-0.25, -0.2) is 4.79 Å². The van der Waals surface area contributed by atoms with E-state index in [0.29, 0.717) is 42.0 Å². The number of carbonyl (C=O) groups excluding carboxylic acids is 1. The van der Waals surface area contributed by atoms with Gasteiger partial charge in [-0.05, 0) is 18.2 Å². The van der Waals surface area contributed by atoms with Crippen LogP contribution in [0.5, 0.6) is 11.6 Å². The number of amides is 2. The van der Waals surface area contributed by atoms with E-state index in [-0.39, 0.29) is 17.1 Å². The molecule has 0 aliphatic carbocycles. The maximum atomic E-state index is 12.3. The van der Waals surface area contributed by atoms with Crippen LogP contribution < -0.4 is 14.8 Å². The smallest absolute Gasteiger partial charge is 0.321 e. The predicted octanol–water partition coefficient (Wildman–Crippen LogP) is 3.33. The van der Waals surface area contributed by atoms with Gasteiger partial charge in [-0.1, -0.05) is 23.2 Å². The van der Waals surface area contributed by atoms with Gasteiger partial charge in [0.2, 0.25) is 5.88 Å². The molecule has 7 nitrogen and oxygen atoms in total. The Morgan fingerprint density at radius 2 is 2.16 bits per heavy atom. The second-order valence-electron chi connectivity index (χ2n) is 5.54. The molecule has 9 heteroatoms. The molecule has 0 spiro atoms. The summed E-state index contributed by atoms with van der Waals surface area (Å²) in [6.07, 6.45) is 2.94. The molecule has 0 radical (unpaired) electrons. The van der Waals surface area contributed by atoms with Crippen molar-refractivity contribution < 1.29 is 14.3 Å². The van der Waals surface area contributed by atoms with Crippen molar-refractivity contribution in [3.63, 3.8) is 0 Å². The first-order valence-corrected chi connectivity index (χ1v) is 8.30. The fourth-order valence-corrected chi connectivity index (χ4v) is 2.72. The number of hydrogen-bond donors (Lipinski definition) is 1. The molecule has 0 unspecified atom stereocenters. The Balaban J connectivity index is 1.48. The first-order valence-electron chi connectivity index (χ1n) is 7.55. The average Bonchev–Trinajstić information content (AvgIpc) is 2.53. The van der Waals surface area contributed by atoms with E-state index >= 15 is 0 Å². The average molecular weight is 383 g/mol. The number of methoxy groups -OCH3 is 1. The summed E-state index contributed by atoms with van der Waals surface area (Å²) in [4.78, 5) is 21.9. The first-order chi connectivity index (χ1) is 12.0. The number of anilines is 1. The SMILES string of the molecule is COc1ccc(Cl)cc1NC(=O)N1CC(COc2cncc(Cl)n2)C1. The van der Waals surface area contributed by atoms with Gasteiger partial charge in [0.1, 0.15) is 5.75 Å². The van der Waals surface area contributed by atoms with Gasteiger partial charge in [0.15, 0.2) is 5.15 Å². The lowest BCUT2D eigenvalue weighted by atomic mass is 10.0. The van der Waals surface area contributed by atoms with Crippen molar-refractivity contribution in [1.82, 2.24) is 14.9 Å². The number of benzene rings is 1. The minimum absolute atomic E-state index is 0.209.